The van der Waals surface area contributed by atoms with Gasteiger partial charge in [0.25, 0.3) is 0 Å². The van der Waals surface area contributed by atoms with Gasteiger partial charge in [-0.15, -0.1) is 5.10 Å². The first-order chi connectivity index (χ1) is 11.8. The molecule has 4 rings (SSSR count). The van der Waals surface area contributed by atoms with E-state index in [4.69, 9.17) is 10.5 Å². The van der Waals surface area contributed by atoms with Gasteiger partial charge in [0.15, 0.2) is 0 Å². The van der Waals surface area contributed by atoms with E-state index in [1.807, 2.05) is 35.0 Å². The minimum atomic E-state index is 0.371. The molecule has 2 aromatic carbocycles. The van der Waals surface area contributed by atoms with Crippen LogP contribution in [0.4, 0.5) is 5.95 Å². The molecule has 1 unspecified atom stereocenters. The Kier molecular flexibility index (Phi) is 3.91. The molecule has 1 aromatic heterocycles. The number of nitrogen functional groups attached to an aromatic ring is 1. The molecule has 1 atom stereocenters. The van der Waals surface area contributed by atoms with Crippen molar-refractivity contribution < 1.29 is 4.74 Å². The average Bonchev–Trinajstić information content (AvgIpc) is 3.00. The predicted octanol–water partition coefficient (Wildman–Crippen LogP) is 3.17. The highest BCUT2D eigenvalue weighted by Gasteiger charge is 2.22. The molecule has 24 heavy (non-hydrogen) atoms. The number of benzene rings is 2. The summed E-state index contributed by atoms with van der Waals surface area (Å²) in [5, 5.41) is 4.27. The number of hydrogen-bond acceptors (Lipinski definition) is 4. The molecule has 3 aromatic rings. The molecule has 0 fully saturated rings. The summed E-state index contributed by atoms with van der Waals surface area (Å²) in [6, 6.07) is 18.6. The molecule has 2 heterocycles. The van der Waals surface area contributed by atoms with E-state index in [0.29, 0.717) is 18.5 Å². The number of nitrogens with zero attached hydrogens (tertiary/aromatic N) is 3. The lowest BCUT2D eigenvalue weighted by atomic mass is 9.92. The van der Waals surface area contributed by atoms with E-state index < -0.39 is 0 Å². The lowest BCUT2D eigenvalue weighted by molar-refractivity contribution is 0.306. The molecule has 5 nitrogen and oxygen atoms in total. The minimum Gasteiger partial charge on any atom is -0.489 e. The third-order valence-electron chi connectivity index (χ3n) is 4.47. The van der Waals surface area contributed by atoms with E-state index in [1.165, 1.54) is 11.1 Å². The Hall–Kier alpha value is -2.82. The molecular formula is C19H20N4O. The molecule has 0 saturated carbocycles. The first-order valence-corrected chi connectivity index (χ1v) is 8.24. The summed E-state index contributed by atoms with van der Waals surface area (Å²) >= 11 is 0. The molecule has 0 saturated heterocycles. The van der Waals surface area contributed by atoms with Gasteiger partial charge in [-0.2, -0.15) is 4.98 Å². The minimum absolute atomic E-state index is 0.371. The SMILES string of the molecule is Nc1nc2n(n1)CC(c1ccc(OCc3ccccc3)cc1)CC2. The number of anilines is 1. The molecule has 2 N–H and O–H groups in total. The van der Waals surface area contributed by atoms with Crippen molar-refractivity contribution in [2.24, 2.45) is 0 Å². The molecule has 1 aliphatic heterocycles. The fourth-order valence-corrected chi connectivity index (χ4v) is 3.18. The van der Waals surface area contributed by atoms with Crippen molar-refractivity contribution in [3.05, 3.63) is 71.5 Å². The van der Waals surface area contributed by atoms with Gasteiger partial charge in [-0.1, -0.05) is 42.5 Å². The number of aryl methyl sites for hydroxylation is 1. The van der Waals surface area contributed by atoms with E-state index in [2.05, 4.69) is 34.3 Å². The zero-order chi connectivity index (χ0) is 16.4. The van der Waals surface area contributed by atoms with Gasteiger partial charge in [0, 0.05) is 18.9 Å². The summed E-state index contributed by atoms with van der Waals surface area (Å²) in [6.07, 6.45) is 1.99. The van der Waals surface area contributed by atoms with Gasteiger partial charge in [-0.05, 0) is 29.7 Å². The lowest BCUT2D eigenvalue weighted by Crippen LogP contribution is -2.19. The summed E-state index contributed by atoms with van der Waals surface area (Å²) in [6.45, 7) is 1.43. The Labute approximate surface area is 141 Å². The molecule has 0 aliphatic carbocycles. The van der Waals surface area contributed by atoms with Crippen LogP contribution in [0.25, 0.3) is 0 Å². The second-order valence-electron chi connectivity index (χ2n) is 6.15. The summed E-state index contributed by atoms with van der Waals surface area (Å²) in [5.41, 5.74) is 8.16. The first kappa shape index (κ1) is 14.8. The van der Waals surface area contributed by atoms with Crippen LogP contribution >= 0.6 is 0 Å². The van der Waals surface area contributed by atoms with Crippen molar-refractivity contribution in [2.45, 2.75) is 31.9 Å². The van der Waals surface area contributed by atoms with Crippen molar-refractivity contribution in [1.29, 1.82) is 0 Å². The van der Waals surface area contributed by atoms with Crippen molar-refractivity contribution in [2.75, 3.05) is 5.73 Å². The molecule has 0 amide bonds. The third kappa shape index (κ3) is 3.11. The molecular weight excluding hydrogens is 300 g/mol. The van der Waals surface area contributed by atoms with Crippen molar-refractivity contribution in [3.63, 3.8) is 0 Å². The molecule has 0 radical (unpaired) electrons. The van der Waals surface area contributed by atoms with E-state index in [-0.39, 0.29) is 0 Å². The lowest BCUT2D eigenvalue weighted by Gasteiger charge is -2.22. The Morgan fingerprint density at radius 3 is 2.67 bits per heavy atom. The van der Waals surface area contributed by atoms with Crippen molar-refractivity contribution in [1.82, 2.24) is 14.8 Å². The second kappa shape index (κ2) is 6.35. The highest BCUT2D eigenvalue weighted by molar-refractivity contribution is 5.30. The standard InChI is InChI=1S/C19H20N4O/c20-19-21-18-11-8-16(12-23(18)22-19)15-6-9-17(10-7-15)24-13-14-4-2-1-3-5-14/h1-7,9-10,16H,8,11-13H2,(H2,20,22). The molecule has 0 spiro atoms. The van der Waals surface area contributed by atoms with Crippen LogP contribution in [0.2, 0.25) is 0 Å². The summed E-state index contributed by atoms with van der Waals surface area (Å²) in [5.74, 6) is 2.70. The smallest absolute Gasteiger partial charge is 0.239 e. The first-order valence-electron chi connectivity index (χ1n) is 8.24. The number of nitrogens with two attached hydrogens (primary N) is 1. The number of aromatic nitrogens is 3. The average molecular weight is 320 g/mol. The van der Waals surface area contributed by atoms with Gasteiger partial charge in [-0.25, -0.2) is 4.68 Å². The van der Waals surface area contributed by atoms with E-state index in [0.717, 1.165) is 31.0 Å². The van der Waals surface area contributed by atoms with Gasteiger partial charge in [0.05, 0.1) is 0 Å². The van der Waals surface area contributed by atoms with E-state index in [1.54, 1.807) is 0 Å². The van der Waals surface area contributed by atoms with Crippen LogP contribution in [0.15, 0.2) is 54.6 Å². The Balaban J connectivity index is 1.41. The van der Waals surface area contributed by atoms with Crippen LogP contribution in [0.3, 0.4) is 0 Å². The maximum absolute atomic E-state index is 5.85. The number of rotatable bonds is 4. The Morgan fingerprint density at radius 2 is 1.88 bits per heavy atom. The van der Waals surface area contributed by atoms with Crippen molar-refractivity contribution >= 4 is 5.95 Å². The molecule has 0 bridgehead atoms. The number of fused-ring (bicyclic) bond motifs is 1. The normalized spacial score (nSPS) is 16.6. The summed E-state index contributed by atoms with van der Waals surface area (Å²) < 4.78 is 7.78. The summed E-state index contributed by atoms with van der Waals surface area (Å²) in [7, 11) is 0. The van der Waals surface area contributed by atoms with Crippen molar-refractivity contribution in [3.8, 4) is 5.75 Å². The zero-order valence-corrected chi connectivity index (χ0v) is 13.4. The fraction of sp³-hybridized carbons (Fsp3) is 0.263. The monoisotopic (exact) mass is 320 g/mol. The zero-order valence-electron chi connectivity index (χ0n) is 13.4. The highest BCUT2D eigenvalue weighted by Crippen LogP contribution is 2.29. The van der Waals surface area contributed by atoms with E-state index >= 15 is 0 Å². The van der Waals surface area contributed by atoms with Gasteiger partial charge >= 0.3 is 0 Å². The van der Waals surface area contributed by atoms with Gasteiger partial charge in [0.1, 0.15) is 18.2 Å². The van der Waals surface area contributed by atoms with E-state index in [9.17, 15) is 0 Å². The van der Waals surface area contributed by atoms with Crippen LogP contribution in [-0.2, 0) is 19.6 Å². The number of hydrogen-bond donors (Lipinski definition) is 1. The Morgan fingerprint density at radius 1 is 1.08 bits per heavy atom. The van der Waals surface area contributed by atoms with Crippen LogP contribution in [-0.4, -0.2) is 14.8 Å². The Bertz CT molecular complexity index is 811. The molecule has 1 aliphatic rings. The van der Waals surface area contributed by atoms with Gasteiger partial charge < -0.3 is 10.5 Å². The highest BCUT2D eigenvalue weighted by atomic mass is 16.5. The quantitative estimate of drug-likeness (QED) is 0.802. The third-order valence-corrected chi connectivity index (χ3v) is 4.47. The van der Waals surface area contributed by atoms with Gasteiger partial charge in [-0.3, -0.25) is 0 Å². The topological polar surface area (TPSA) is 66.0 Å². The van der Waals surface area contributed by atoms with Crippen LogP contribution in [0, 0.1) is 0 Å². The predicted molar refractivity (Wildman–Crippen MR) is 92.7 cm³/mol. The molecule has 122 valence electrons. The largest absolute Gasteiger partial charge is 0.489 e. The maximum atomic E-state index is 5.85. The van der Waals surface area contributed by atoms with Gasteiger partial charge in [0.2, 0.25) is 5.95 Å². The number of ether oxygens (including phenoxy) is 1. The van der Waals surface area contributed by atoms with Crippen LogP contribution < -0.4 is 10.5 Å². The second-order valence-corrected chi connectivity index (χ2v) is 6.15. The summed E-state index contributed by atoms with van der Waals surface area (Å²) in [4.78, 5) is 4.26. The maximum Gasteiger partial charge on any atom is 0.239 e. The molecule has 5 heteroatoms. The fourth-order valence-electron chi connectivity index (χ4n) is 3.18. The van der Waals surface area contributed by atoms with Crippen LogP contribution in [0.1, 0.15) is 29.3 Å². The van der Waals surface area contributed by atoms with Crippen LogP contribution in [0.5, 0.6) is 5.75 Å².